The van der Waals surface area contributed by atoms with Crippen LogP contribution in [0.2, 0.25) is 0 Å². The first-order chi connectivity index (χ1) is 9.54. The van der Waals surface area contributed by atoms with E-state index in [0.29, 0.717) is 5.69 Å². The molecule has 0 unspecified atom stereocenters. The van der Waals surface area contributed by atoms with E-state index in [1.54, 1.807) is 18.2 Å². The molecule has 2 aromatic rings. The molecule has 4 nitrogen and oxygen atoms in total. The quantitative estimate of drug-likeness (QED) is 0.597. The maximum Gasteiger partial charge on any atom is 0.257 e. The normalized spacial score (nSPS) is 10.2. The van der Waals surface area contributed by atoms with Crippen molar-refractivity contribution in [2.75, 3.05) is 10.7 Å². The molecule has 0 aromatic heterocycles. The van der Waals surface area contributed by atoms with Crippen molar-refractivity contribution in [3.63, 3.8) is 0 Å². The van der Waals surface area contributed by atoms with Crippen LogP contribution in [0, 0.1) is 18.6 Å². The van der Waals surface area contributed by atoms with Crippen molar-refractivity contribution in [1.82, 2.24) is 0 Å². The first-order valence-electron chi connectivity index (χ1n) is 5.86. The first-order valence-corrected chi connectivity index (χ1v) is 5.86. The van der Waals surface area contributed by atoms with Gasteiger partial charge in [-0.3, -0.25) is 10.6 Å². The number of aryl methyl sites for hydroxylation is 1. The van der Waals surface area contributed by atoms with Crippen LogP contribution in [0.3, 0.4) is 0 Å². The standard InChI is InChI=1S/C14H13F2N3O/c1-8-6-7-10(15)13(12(8)16)18-14(20)9-4-2-3-5-11(9)19-17/h2-7,19H,17H2,1H3,(H,18,20). The lowest BCUT2D eigenvalue weighted by Crippen LogP contribution is -2.18. The number of benzene rings is 2. The summed E-state index contributed by atoms with van der Waals surface area (Å²) in [6.45, 7) is 1.49. The summed E-state index contributed by atoms with van der Waals surface area (Å²) in [7, 11) is 0. The van der Waals surface area contributed by atoms with Crippen molar-refractivity contribution >= 4 is 17.3 Å². The third kappa shape index (κ3) is 2.60. The average Bonchev–Trinajstić information content (AvgIpc) is 2.47. The van der Waals surface area contributed by atoms with Crippen molar-refractivity contribution < 1.29 is 13.6 Å². The highest BCUT2D eigenvalue weighted by Gasteiger charge is 2.17. The van der Waals surface area contributed by atoms with Crippen LogP contribution in [0.25, 0.3) is 0 Å². The van der Waals surface area contributed by atoms with Crippen LogP contribution in [-0.4, -0.2) is 5.91 Å². The molecule has 4 N–H and O–H groups in total. The molecule has 0 saturated carbocycles. The number of halogens is 2. The fourth-order valence-corrected chi connectivity index (χ4v) is 1.76. The Labute approximate surface area is 114 Å². The monoisotopic (exact) mass is 277 g/mol. The molecule has 20 heavy (non-hydrogen) atoms. The van der Waals surface area contributed by atoms with E-state index in [0.717, 1.165) is 6.07 Å². The Kier molecular flexibility index (Phi) is 3.95. The van der Waals surface area contributed by atoms with Gasteiger partial charge in [-0.2, -0.15) is 0 Å². The summed E-state index contributed by atoms with van der Waals surface area (Å²) in [6.07, 6.45) is 0. The Balaban J connectivity index is 2.35. The van der Waals surface area contributed by atoms with Crippen molar-refractivity contribution in [2.24, 2.45) is 5.84 Å². The molecule has 0 heterocycles. The highest BCUT2D eigenvalue weighted by molar-refractivity contribution is 6.08. The van der Waals surface area contributed by atoms with E-state index >= 15 is 0 Å². The third-order valence-electron chi connectivity index (χ3n) is 2.85. The molecule has 0 bridgehead atoms. The van der Waals surface area contributed by atoms with Gasteiger partial charge in [0.1, 0.15) is 11.5 Å². The number of nitrogens with two attached hydrogens (primary N) is 1. The maximum absolute atomic E-state index is 13.8. The van der Waals surface area contributed by atoms with Gasteiger partial charge in [0.15, 0.2) is 5.82 Å². The fraction of sp³-hybridized carbons (Fsp3) is 0.0714. The summed E-state index contributed by atoms with van der Waals surface area (Å²) in [5, 5.41) is 2.23. The van der Waals surface area contributed by atoms with Gasteiger partial charge in [0.25, 0.3) is 5.91 Å². The van der Waals surface area contributed by atoms with Gasteiger partial charge < -0.3 is 10.7 Å². The summed E-state index contributed by atoms with van der Waals surface area (Å²) in [5.74, 6) is 3.01. The minimum absolute atomic E-state index is 0.190. The second-order valence-electron chi connectivity index (χ2n) is 4.20. The van der Waals surface area contributed by atoms with E-state index in [1.165, 1.54) is 19.1 Å². The number of nitrogen functional groups attached to an aromatic ring is 1. The van der Waals surface area contributed by atoms with Crippen LogP contribution >= 0.6 is 0 Å². The fourth-order valence-electron chi connectivity index (χ4n) is 1.76. The molecule has 0 aliphatic heterocycles. The van der Waals surface area contributed by atoms with Gasteiger partial charge in [-0.15, -0.1) is 0 Å². The molecule has 0 spiro atoms. The molecule has 2 aromatic carbocycles. The van der Waals surface area contributed by atoms with Gasteiger partial charge in [0, 0.05) is 0 Å². The van der Waals surface area contributed by atoms with E-state index in [9.17, 15) is 13.6 Å². The molecule has 0 aliphatic carbocycles. The van der Waals surface area contributed by atoms with Crippen LogP contribution in [-0.2, 0) is 0 Å². The maximum atomic E-state index is 13.8. The minimum Gasteiger partial charge on any atom is -0.323 e. The van der Waals surface area contributed by atoms with E-state index in [4.69, 9.17) is 5.84 Å². The van der Waals surface area contributed by atoms with Crippen molar-refractivity contribution in [1.29, 1.82) is 0 Å². The number of para-hydroxylation sites is 1. The minimum atomic E-state index is -0.834. The van der Waals surface area contributed by atoms with Crippen LogP contribution in [0.15, 0.2) is 36.4 Å². The van der Waals surface area contributed by atoms with Gasteiger partial charge in [-0.25, -0.2) is 8.78 Å². The predicted octanol–water partition coefficient (Wildman–Crippen LogP) is 2.81. The number of hydrogen-bond donors (Lipinski definition) is 3. The van der Waals surface area contributed by atoms with Crippen molar-refractivity contribution in [2.45, 2.75) is 6.92 Å². The first kappa shape index (κ1) is 14.0. The SMILES string of the molecule is Cc1ccc(F)c(NC(=O)c2ccccc2NN)c1F. The van der Waals surface area contributed by atoms with Crippen LogP contribution in [0.5, 0.6) is 0 Å². The lowest BCUT2D eigenvalue weighted by molar-refractivity contribution is 0.102. The zero-order valence-corrected chi connectivity index (χ0v) is 10.7. The highest BCUT2D eigenvalue weighted by Crippen LogP contribution is 2.23. The van der Waals surface area contributed by atoms with Crippen LogP contribution in [0.4, 0.5) is 20.2 Å². The van der Waals surface area contributed by atoms with Crippen molar-refractivity contribution in [3.05, 3.63) is 59.2 Å². The largest absolute Gasteiger partial charge is 0.323 e. The summed E-state index contributed by atoms with van der Waals surface area (Å²) in [5.41, 5.74) is 2.68. The van der Waals surface area contributed by atoms with Gasteiger partial charge >= 0.3 is 0 Å². The molecule has 6 heteroatoms. The summed E-state index contributed by atoms with van der Waals surface area (Å²) < 4.78 is 27.4. The Bertz CT molecular complexity index is 659. The lowest BCUT2D eigenvalue weighted by atomic mass is 10.1. The third-order valence-corrected chi connectivity index (χ3v) is 2.85. The zero-order chi connectivity index (χ0) is 14.7. The topological polar surface area (TPSA) is 67.2 Å². The Hall–Kier alpha value is -2.47. The second kappa shape index (κ2) is 5.66. The second-order valence-corrected chi connectivity index (χ2v) is 4.20. The zero-order valence-electron chi connectivity index (χ0n) is 10.7. The van der Waals surface area contributed by atoms with Gasteiger partial charge in [-0.1, -0.05) is 18.2 Å². The summed E-state index contributed by atoms with van der Waals surface area (Å²) >= 11 is 0. The van der Waals surface area contributed by atoms with Crippen LogP contribution in [0.1, 0.15) is 15.9 Å². The highest BCUT2D eigenvalue weighted by atomic mass is 19.1. The Morgan fingerprint density at radius 1 is 1.15 bits per heavy atom. The molecule has 0 fully saturated rings. The molecule has 0 saturated heterocycles. The van der Waals surface area contributed by atoms with Crippen LogP contribution < -0.4 is 16.6 Å². The number of anilines is 2. The molecule has 1 amide bonds. The molecule has 2 rings (SSSR count). The molecule has 0 aliphatic rings. The molecule has 104 valence electrons. The number of amides is 1. The van der Waals surface area contributed by atoms with Gasteiger partial charge in [0.2, 0.25) is 0 Å². The van der Waals surface area contributed by atoms with E-state index < -0.39 is 23.2 Å². The number of hydrogen-bond acceptors (Lipinski definition) is 3. The summed E-state index contributed by atoms with van der Waals surface area (Å²) in [4.78, 5) is 12.1. The number of rotatable bonds is 3. The molecular formula is C14H13F2N3O. The molecular weight excluding hydrogens is 264 g/mol. The summed E-state index contributed by atoms with van der Waals surface area (Å²) in [6, 6.07) is 8.78. The van der Waals surface area contributed by atoms with Gasteiger partial charge in [-0.05, 0) is 30.7 Å². The average molecular weight is 277 g/mol. The van der Waals surface area contributed by atoms with E-state index in [-0.39, 0.29) is 11.1 Å². The number of nitrogens with one attached hydrogen (secondary N) is 2. The van der Waals surface area contributed by atoms with E-state index in [2.05, 4.69) is 10.7 Å². The Morgan fingerprint density at radius 3 is 2.55 bits per heavy atom. The van der Waals surface area contributed by atoms with Gasteiger partial charge in [0.05, 0.1) is 11.3 Å². The number of carbonyl (C=O) groups is 1. The number of carbonyl (C=O) groups excluding carboxylic acids is 1. The predicted molar refractivity (Wildman–Crippen MR) is 73.3 cm³/mol. The van der Waals surface area contributed by atoms with Crippen molar-refractivity contribution in [3.8, 4) is 0 Å². The number of hydrazine groups is 1. The molecule has 0 atom stereocenters. The van der Waals surface area contributed by atoms with E-state index in [1.807, 2.05) is 0 Å². The molecule has 0 radical (unpaired) electrons. The lowest BCUT2D eigenvalue weighted by Gasteiger charge is -2.11. The Morgan fingerprint density at radius 2 is 1.85 bits per heavy atom. The smallest absolute Gasteiger partial charge is 0.257 e.